The predicted molar refractivity (Wildman–Crippen MR) is 119 cm³/mol. The first-order valence-electron chi connectivity index (χ1n) is 10.6. The number of morpholine rings is 1. The second-order valence-electron chi connectivity index (χ2n) is 7.75. The molecule has 0 aliphatic carbocycles. The Balaban J connectivity index is 1.56. The molecule has 32 heavy (non-hydrogen) atoms. The Morgan fingerprint density at radius 1 is 1.03 bits per heavy atom. The van der Waals surface area contributed by atoms with E-state index in [1.54, 1.807) is 41.0 Å². The smallest absolute Gasteiger partial charge is 0.254 e. The van der Waals surface area contributed by atoms with Crippen molar-refractivity contribution in [2.24, 2.45) is 0 Å². The highest BCUT2D eigenvalue weighted by Gasteiger charge is 2.22. The van der Waals surface area contributed by atoms with Crippen LogP contribution in [0.4, 0.5) is 0 Å². The number of hydrogen-bond acceptors (Lipinski definition) is 6. The minimum Gasteiger partial charge on any atom is -0.387 e. The van der Waals surface area contributed by atoms with E-state index in [4.69, 9.17) is 4.74 Å². The van der Waals surface area contributed by atoms with Gasteiger partial charge in [-0.15, -0.1) is 0 Å². The number of aliphatic hydroxyl groups excluding tert-OH is 1. The first-order valence-corrected chi connectivity index (χ1v) is 10.6. The van der Waals surface area contributed by atoms with Gasteiger partial charge in [-0.1, -0.05) is 36.4 Å². The van der Waals surface area contributed by atoms with Crippen LogP contribution >= 0.6 is 0 Å². The maximum absolute atomic E-state index is 13.0. The van der Waals surface area contributed by atoms with Crippen LogP contribution in [0.1, 0.15) is 29.1 Å². The molecular formula is C24H23N5O3. The number of ether oxygens (including phenoxy) is 1. The molecule has 5 rings (SSSR count). The van der Waals surface area contributed by atoms with Crippen LogP contribution in [-0.2, 0) is 4.74 Å². The van der Waals surface area contributed by atoms with E-state index >= 15 is 0 Å². The van der Waals surface area contributed by atoms with Crippen molar-refractivity contribution < 1.29 is 14.6 Å². The summed E-state index contributed by atoms with van der Waals surface area (Å²) in [5.74, 6) is 0.319. The van der Waals surface area contributed by atoms with Crippen molar-refractivity contribution in [2.75, 3.05) is 26.3 Å². The highest BCUT2D eigenvalue weighted by molar-refractivity contribution is 5.98. The van der Waals surface area contributed by atoms with Crippen LogP contribution in [-0.4, -0.2) is 62.0 Å². The van der Waals surface area contributed by atoms with Gasteiger partial charge in [0.1, 0.15) is 0 Å². The summed E-state index contributed by atoms with van der Waals surface area (Å²) >= 11 is 0. The molecule has 162 valence electrons. The van der Waals surface area contributed by atoms with Crippen LogP contribution in [0.5, 0.6) is 0 Å². The average molecular weight is 429 g/mol. The van der Waals surface area contributed by atoms with Gasteiger partial charge in [0.2, 0.25) is 0 Å². The third-order valence-electron chi connectivity index (χ3n) is 5.59. The molecule has 1 amide bonds. The first-order chi connectivity index (χ1) is 15.6. The van der Waals surface area contributed by atoms with Crippen LogP contribution in [0, 0.1) is 0 Å². The Kier molecular flexibility index (Phi) is 5.38. The first kappa shape index (κ1) is 20.3. The number of aliphatic hydroxyl groups is 1. The van der Waals surface area contributed by atoms with Gasteiger partial charge in [0.15, 0.2) is 0 Å². The van der Waals surface area contributed by atoms with Crippen molar-refractivity contribution in [2.45, 2.75) is 13.0 Å². The van der Waals surface area contributed by atoms with E-state index in [1.165, 1.54) is 0 Å². The van der Waals surface area contributed by atoms with Gasteiger partial charge in [0.25, 0.3) is 11.9 Å². The van der Waals surface area contributed by atoms with E-state index < -0.39 is 6.10 Å². The van der Waals surface area contributed by atoms with E-state index in [1.807, 2.05) is 36.4 Å². The molecule has 4 aromatic rings. The average Bonchev–Trinajstić information content (AvgIpc) is 3.24. The standard InChI is InChI=1S/C24H23N5O3/c1-16(30)22-20-8-7-18(23(31)28-9-11-32-12-10-28)13-21(20)29(27-22)24-25-14-19(15-26-24)17-5-3-2-4-6-17/h2-8,13-16,30H,9-12H2,1H3. The lowest BCUT2D eigenvalue weighted by atomic mass is 10.1. The fourth-order valence-electron chi connectivity index (χ4n) is 3.89. The number of carbonyl (C=O) groups is 1. The lowest BCUT2D eigenvalue weighted by Crippen LogP contribution is -2.40. The van der Waals surface area contributed by atoms with Crippen molar-refractivity contribution in [1.29, 1.82) is 0 Å². The zero-order valence-electron chi connectivity index (χ0n) is 17.7. The van der Waals surface area contributed by atoms with Crippen LogP contribution in [0.15, 0.2) is 60.9 Å². The summed E-state index contributed by atoms with van der Waals surface area (Å²) in [6.45, 7) is 3.88. The summed E-state index contributed by atoms with van der Waals surface area (Å²) in [5.41, 5.74) is 3.66. The zero-order valence-corrected chi connectivity index (χ0v) is 17.7. The predicted octanol–water partition coefficient (Wildman–Crippen LogP) is 3.01. The fourth-order valence-corrected chi connectivity index (χ4v) is 3.89. The van der Waals surface area contributed by atoms with E-state index in [0.29, 0.717) is 49.0 Å². The lowest BCUT2D eigenvalue weighted by molar-refractivity contribution is 0.0303. The minimum absolute atomic E-state index is 0.0538. The molecule has 8 nitrogen and oxygen atoms in total. The third-order valence-corrected chi connectivity index (χ3v) is 5.59. The summed E-state index contributed by atoms with van der Waals surface area (Å²) in [6.07, 6.45) is 2.72. The number of amides is 1. The fraction of sp³-hybridized carbons (Fsp3) is 0.250. The SMILES string of the molecule is CC(O)c1nn(-c2ncc(-c3ccccc3)cn2)c2cc(C(=O)N3CCOCC3)ccc12. The number of rotatable bonds is 4. The van der Waals surface area contributed by atoms with E-state index in [-0.39, 0.29) is 5.91 Å². The molecule has 1 atom stereocenters. The highest BCUT2D eigenvalue weighted by Crippen LogP contribution is 2.27. The van der Waals surface area contributed by atoms with Gasteiger partial charge in [-0.3, -0.25) is 4.79 Å². The summed E-state index contributed by atoms with van der Waals surface area (Å²) in [7, 11) is 0. The Hall–Kier alpha value is -3.62. The number of aromatic nitrogens is 4. The molecule has 1 aliphatic heterocycles. The van der Waals surface area contributed by atoms with Crippen molar-refractivity contribution in [1.82, 2.24) is 24.6 Å². The van der Waals surface area contributed by atoms with Gasteiger partial charge in [0, 0.05) is 42.0 Å². The Labute approximate surface area is 185 Å². The number of carbonyl (C=O) groups excluding carboxylic acids is 1. The van der Waals surface area contributed by atoms with Crippen molar-refractivity contribution >= 4 is 16.8 Å². The number of hydrogen-bond donors (Lipinski definition) is 1. The molecular weight excluding hydrogens is 406 g/mol. The van der Waals surface area contributed by atoms with Gasteiger partial charge in [-0.2, -0.15) is 9.78 Å². The summed E-state index contributed by atoms with van der Waals surface area (Å²) in [5, 5.41) is 15.6. The molecule has 1 unspecified atom stereocenters. The Bertz CT molecular complexity index is 1250. The van der Waals surface area contributed by atoms with E-state index in [0.717, 1.165) is 16.5 Å². The number of benzene rings is 2. The molecule has 1 N–H and O–H groups in total. The van der Waals surface area contributed by atoms with Crippen LogP contribution in [0.3, 0.4) is 0 Å². The van der Waals surface area contributed by atoms with Gasteiger partial charge in [-0.25, -0.2) is 9.97 Å². The second-order valence-corrected chi connectivity index (χ2v) is 7.75. The minimum atomic E-state index is -0.775. The quantitative estimate of drug-likeness (QED) is 0.536. The number of nitrogens with zero attached hydrogens (tertiary/aromatic N) is 5. The summed E-state index contributed by atoms with van der Waals surface area (Å²) in [6, 6.07) is 15.3. The maximum atomic E-state index is 13.0. The van der Waals surface area contributed by atoms with Gasteiger partial charge in [-0.05, 0) is 24.6 Å². The molecule has 3 heterocycles. The molecule has 2 aromatic heterocycles. The van der Waals surface area contributed by atoms with Crippen LogP contribution < -0.4 is 0 Å². The summed E-state index contributed by atoms with van der Waals surface area (Å²) in [4.78, 5) is 23.8. The molecule has 8 heteroatoms. The molecule has 0 radical (unpaired) electrons. The third kappa shape index (κ3) is 3.74. The van der Waals surface area contributed by atoms with Crippen LogP contribution in [0.25, 0.3) is 28.0 Å². The van der Waals surface area contributed by atoms with Gasteiger partial charge < -0.3 is 14.7 Å². The largest absolute Gasteiger partial charge is 0.387 e. The maximum Gasteiger partial charge on any atom is 0.254 e. The monoisotopic (exact) mass is 429 g/mol. The molecule has 1 aliphatic rings. The van der Waals surface area contributed by atoms with Crippen molar-refractivity contribution in [3.8, 4) is 17.1 Å². The van der Waals surface area contributed by atoms with Crippen molar-refractivity contribution in [3.63, 3.8) is 0 Å². The second kappa shape index (κ2) is 8.49. The normalized spacial score (nSPS) is 15.1. The molecule has 1 fully saturated rings. The number of fused-ring (bicyclic) bond motifs is 1. The van der Waals surface area contributed by atoms with Crippen LogP contribution in [0.2, 0.25) is 0 Å². The highest BCUT2D eigenvalue weighted by atomic mass is 16.5. The van der Waals surface area contributed by atoms with Gasteiger partial charge >= 0.3 is 0 Å². The van der Waals surface area contributed by atoms with Crippen molar-refractivity contribution in [3.05, 3.63) is 72.2 Å². The Morgan fingerprint density at radius 2 is 1.75 bits per heavy atom. The molecule has 0 spiro atoms. The molecule has 0 saturated carbocycles. The lowest BCUT2D eigenvalue weighted by Gasteiger charge is -2.26. The molecule has 1 saturated heterocycles. The zero-order chi connectivity index (χ0) is 22.1. The van der Waals surface area contributed by atoms with E-state index in [9.17, 15) is 9.90 Å². The van der Waals surface area contributed by atoms with Gasteiger partial charge in [0.05, 0.1) is 30.5 Å². The van der Waals surface area contributed by atoms with E-state index in [2.05, 4.69) is 15.1 Å². The Morgan fingerprint density at radius 3 is 2.44 bits per heavy atom. The topological polar surface area (TPSA) is 93.4 Å². The molecule has 2 aromatic carbocycles. The molecule has 0 bridgehead atoms. The summed E-state index contributed by atoms with van der Waals surface area (Å²) < 4.78 is 6.94.